The van der Waals surface area contributed by atoms with Crippen LogP contribution < -0.4 is 15.4 Å². The van der Waals surface area contributed by atoms with Crippen molar-refractivity contribution >= 4 is 43.1 Å². The predicted octanol–water partition coefficient (Wildman–Crippen LogP) is 4.89. The quantitative estimate of drug-likeness (QED) is 0.317. The van der Waals surface area contributed by atoms with E-state index in [2.05, 4.69) is 17.0 Å². The Hall–Kier alpha value is -4.10. The first kappa shape index (κ1) is 27.7. The van der Waals surface area contributed by atoms with Crippen LogP contribution in [0.25, 0.3) is 32.1 Å². The topological polar surface area (TPSA) is 135 Å². The molecule has 0 amide bonds. The number of fused-ring (bicyclic) bond motifs is 3. The number of thiophene rings is 1. The molecule has 0 radical (unpaired) electrons. The smallest absolute Gasteiger partial charge is 0.319 e. The second kappa shape index (κ2) is 10.3. The van der Waals surface area contributed by atoms with E-state index in [1.54, 1.807) is 18.2 Å². The molecule has 3 N–H and O–H groups in total. The minimum Gasteiger partial charge on any atom is -0.461 e. The number of ether oxygens (including phenoxy) is 1. The summed E-state index contributed by atoms with van der Waals surface area (Å²) in [5.41, 5.74) is 7.63. The van der Waals surface area contributed by atoms with E-state index in [0.29, 0.717) is 64.6 Å². The van der Waals surface area contributed by atoms with Gasteiger partial charge in [0, 0.05) is 42.4 Å². The van der Waals surface area contributed by atoms with E-state index in [1.165, 1.54) is 6.07 Å². The number of aliphatic hydroxyl groups is 1. The average molecular weight is 602 g/mol. The number of nitriles is 2. The van der Waals surface area contributed by atoms with Crippen LogP contribution in [0.15, 0.2) is 24.3 Å². The number of alkyl halides is 1. The summed E-state index contributed by atoms with van der Waals surface area (Å²) in [5.74, 6) is 0.0564. The van der Waals surface area contributed by atoms with E-state index in [4.69, 9.17) is 20.4 Å². The number of anilines is 2. The van der Waals surface area contributed by atoms with Gasteiger partial charge in [-0.05, 0) is 56.0 Å². The van der Waals surface area contributed by atoms with Crippen LogP contribution in [-0.4, -0.2) is 70.6 Å². The number of benzene rings is 2. The highest BCUT2D eigenvalue weighted by molar-refractivity contribution is 7.23. The van der Waals surface area contributed by atoms with Crippen molar-refractivity contribution in [1.29, 1.82) is 10.5 Å². The molecule has 0 unspecified atom stereocenters. The fourth-order valence-corrected chi connectivity index (χ4v) is 7.96. The maximum absolute atomic E-state index is 14.8. The molecule has 2 atom stereocenters. The van der Waals surface area contributed by atoms with Crippen LogP contribution in [0.3, 0.4) is 0 Å². The van der Waals surface area contributed by atoms with Crippen molar-refractivity contribution in [3.8, 4) is 29.3 Å². The highest BCUT2D eigenvalue weighted by atomic mass is 32.1. The lowest BCUT2D eigenvalue weighted by Crippen LogP contribution is -2.46. The van der Waals surface area contributed by atoms with Crippen LogP contribution in [0.2, 0.25) is 0 Å². The third-order valence-electron chi connectivity index (χ3n) is 9.34. The molecule has 2 aromatic carbocycles. The van der Waals surface area contributed by atoms with Gasteiger partial charge in [-0.2, -0.15) is 20.5 Å². The fourth-order valence-electron chi connectivity index (χ4n) is 7.01. The Morgan fingerprint density at radius 3 is 2.79 bits per heavy atom. The zero-order chi connectivity index (χ0) is 30.0. The fraction of sp³-hybridized carbons (Fsp3) is 0.419. The van der Waals surface area contributed by atoms with Crippen molar-refractivity contribution < 1.29 is 18.6 Å². The number of hydrogen-bond donors (Lipinski definition) is 2. The molecule has 2 aliphatic heterocycles. The summed E-state index contributed by atoms with van der Waals surface area (Å²) in [6.45, 7) is 1.50. The summed E-state index contributed by atoms with van der Waals surface area (Å²) in [7, 11) is 1.89. The largest absolute Gasteiger partial charge is 0.461 e. The summed E-state index contributed by atoms with van der Waals surface area (Å²) in [4.78, 5) is 13.7. The van der Waals surface area contributed by atoms with Crippen molar-refractivity contribution in [1.82, 2.24) is 14.9 Å². The third kappa shape index (κ3) is 4.44. The second-order valence-electron chi connectivity index (χ2n) is 11.9. The van der Waals surface area contributed by atoms with Gasteiger partial charge >= 0.3 is 6.01 Å². The van der Waals surface area contributed by atoms with Crippen molar-refractivity contribution in [2.75, 3.05) is 37.4 Å². The summed E-state index contributed by atoms with van der Waals surface area (Å²) in [6.07, 6.45) is 2.13. The number of rotatable bonds is 6. The molecule has 3 fully saturated rings. The molecule has 2 saturated heterocycles. The van der Waals surface area contributed by atoms with Crippen LogP contribution in [0.4, 0.5) is 19.6 Å². The number of nitrogen functional groups attached to an aromatic ring is 1. The van der Waals surface area contributed by atoms with E-state index in [0.717, 1.165) is 30.7 Å². The van der Waals surface area contributed by atoms with Gasteiger partial charge < -0.3 is 20.5 Å². The van der Waals surface area contributed by atoms with E-state index in [1.807, 2.05) is 11.9 Å². The standard InChI is InChI=1S/C31H29F2N7O2S/c1-39(18-8-19(41)9-18)29-22-7-16(12-34)21(20-3-4-24(33)27-26(20)23(13-35)28(36)43-27)10-25(22)37-30(38-29)42-15-31-5-2-6-40(31)14-17(32)11-31/h3-4,7,10,17-19,41H,2,5-6,8-9,11,14-15,36H2,1H3/t17-,18?,19?,31+/m1/s1. The zero-order valence-electron chi connectivity index (χ0n) is 23.5. The Bertz CT molecular complexity index is 1860. The van der Waals surface area contributed by atoms with E-state index < -0.39 is 12.0 Å². The average Bonchev–Trinajstić information content (AvgIpc) is 3.62. The molecular weight excluding hydrogens is 572 g/mol. The minimum absolute atomic E-state index is 0.0425. The molecule has 9 nitrogen and oxygen atoms in total. The third-order valence-corrected chi connectivity index (χ3v) is 10.4. The SMILES string of the molecule is CN(c1nc(OC[C@@]23CCCN2C[C@H](F)C3)nc2cc(-c3ccc(F)c4sc(N)c(C#N)c34)c(C#N)cc12)C1CC(O)C1. The van der Waals surface area contributed by atoms with Gasteiger partial charge in [0.15, 0.2) is 0 Å². The van der Waals surface area contributed by atoms with E-state index >= 15 is 0 Å². The lowest BCUT2D eigenvalue weighted by atomic mass is 9.88. The molecule has 43 heavy (non-hydrogen) atoms. The molecule has 7 rings (SSSR count). The second-order valence-corrected chi connectivity index (χ2v) is 12.9. The number of aliphatic hydroxyl groups excluding tert-OH is 1. The van der Waals surface area contributed by atoms with Crippen LogP contribution in [0.5, 0.6) is 6.01 Å². The molecule has 12 heteroatoms. The maximum atomic E-state index is 14.8. The summed E-state index contributed by atoms with van der Waals surface area (Å²) < 4.78 is 35.7. The van der Waals surface area contributed by atoms with Gasteiger partial charge in [-0.25, -0.2) is 8.78 Å². The zero-order valence-corrected chi connectivity index (χ0v) is 24.3. The highest BCUT2D eigenvalue weighted by Crippen LogP contribution is 2.44. The minimum atomic E-state index is -0.892. The summed E-state index contributed by atoms with van der Waals surface area (Å²) in [5, 5.41) is 31.2. The normalized spacial score (nSPS) is 24.9. The Labute approximate surface area is 250 Å². The molecule has 0 spiro atoms. The monoisotopic (exact) mass is 601 g/mol. The number of nitrogens with two attached hydrogens (primary N) is 1. The van der Waals surface area contributed by atoms with Crippen LogP contribution in [0.1, 0.15) is 43.2 Å². The lowest BCUT2D eigenvalue weighted by Gasteiger charge is -2.39. The highest BCUT2D eigenvalue weighted by Gasteiger charge is 2.49. The van der Waals surface area contributed by atoms with Crippen LogP contribution in [0, 0.1) is 28.5 Å². The van der Waals surface area contributed by atoms with Crippen molar-refractivity contribution in [2.45, 2.75) is 56.0 Å². The Morgan fingerprint density at radius 1 is 1.23 bits per heavy atom. The number of aromatic nitrogens is 2. The molecular formula is C31H29F2N7O2S. The van der Waals surface area contributed by atoms with Gasteiger partial charge in [0.05, 0.1) is 39.1 Å². The molecule has 3 aliphatic rings. The van der Waals surface area contributed by atoms with Crippen molar-refractivity contribution in [3.63, 3.8) is 0 Å². The van der Waals surface area contributed by atoms with Gasteiger partial charge in [0.1, 0.15) is 35.5 Å². The van der Waals surface area contributed by atoms with Crippen LogP contribution >= 0.6 is 11.3 Å². The first-order valence-electron chi connectivity index (χ1n) is 14.3. The lowest BCUT2D eigenvalue weighted by molar-refractivity contribution is 0.0748. The van der Waals surface area contributed by atoms with Gasteiger partial charge in [-0.15, -0.1) is 11.3 Å². The van der Waals surface area contributed by atoms with Crippen LogP contribution in [-0.2, 0) is 0 Å². The van der Waals surface area contributed by atoms with E-state index in [9.17, 15) is 24.4 Å². The first-order chi connectivity index (χ1) is 20.7. The van der Waals surface area contributed by atoms with E-state index in [-0.39, 0.29) is 45.6 Å². The molecule has 1 aliphatic carbocycles. The number of hydrogen-bond acceptors (Lipinski definition) is 10. The van der Waals surface area contributed by atoms with Gasteiger partial charge in [-0.3, -0.25) is 4.90 Å². The number of halogens is 2. The molecule has 2 aromatic heterocycles. The molecule has 220 valence electrons. The van der Waals surface area contributed by atoms with Gasteiger partial charge in [0.2, 0.25) is 0 Å². The molecule has 4 heterocycles. The molecule has 0 bridgehead atoms. The molecule has 4 aromatic rings. The Balaban J connectivity index is 1.38. The molecule has 1 saturated carbocycles. The Morgan fingerprint density at radius 2 is 2.05 bits per heavy atom. The number of nitrogens with zero attached hydrogens (tertiary/aromatic N) is 6. The maximum Gasteiger partial charge on any atom is 0.319 e. The van der Waals surface area contributed by atoms with Gasteiger partial charge in [0.25, 0.3) is 0 Å². The summed E-state index contributed by atoms with van der Waals surface area (Å²) in [6, 6.07) is 10.8. The summed E-state index contributed by atoms with van der Waals surface area (Å²) >= 11 is 0.997. The first-order valence-corrected chi connectivity index (χ1v) is 15.1. The predicted molar refractivity (Wildman–Crippen MR) is 160 cm³/mol. The Kier molecular flexibility index (Phi) is 6.62. The van der Waals surface area contributed by atoms with Crippen molar-refractivity contribution in [3.05, 3.63) is 41.2 Å². The van der Waals surface area contributed by atoms with Gasteiger partial charge in [-0.1, -0.05) is 6.07 Å². The van der Waals surface area contributed by atoms with Crippen molar-refractivity contribution in [2.24, 2.45) is 0 Å².